The topological polar surface area (TPSA) is 56.9 Å². The molecule has 0 aliphatic carbocycles. The van der Waals surface area contributed by atoms with Crippen LogP contribution in [0.4, 0.5) is 5.00 Å². The van der Waals surface area contributed by atoms with Crippen LogP contribution in [0.25, 0.3) is 0 Å². The highest BCUT2D eigenvalue weighted by molar-refractivity contribution is 7.14. The number of guanidine groups is 1. The second-order valence-corrected chi connectivity index (χ2v) is 6.50. The molecule has 0 amide bonds. The van der Waals surface area contributed by atoms with Crippen molar-refractivity contribution < 1.29 is 4.42 Å². The molecule has 1 saturated heterocycles. The fourth-order valence-corrected chi connectivity index (χ4v) is 3.48. The molecule has 0 aromatic carbocycles. The van der Waals surface area contributed by atoms with Crippen molar-refractivity contribution in [1.82, 2.24) is 15.2 Å². The third kappa shape index (κ3) is 3.67. The molecule has 23 heavy (non-hydrogen) atoms. The number of rotatable bonds is 3. The Balaban J connectivity index is 1.53. The van der Waals surface area contributed by atoms with E-state index in [1.165, 1.54) is 5.00 Å². The van der Waals surface area contributed by atoms with Crippen molar-refractivity contribution in [2.75, 3.05) is 38.1 Å². The molecular formula is C16H23N5OS. The quantitative estimate of drug-likeness (QED) is 0.690. The summed E-state index contributed by atoms with van der Waals surface area (Å²) in [6.07, 6.45) is 0. The SMILES string of the molecule is CN=C(NCc1nc(C)c(C)o1)N1CCN(c2cccs2)CC1. The predicted octanol–water partition coefficient (Wildman–Crippen LogP) is 2.25. The number of oxazole rings is 1. The van der Waals surface area contributed by atoms with Crippen LogP contribution < -0.4 is 10.2 Å². The number of aliphatic imine (C=N–C) groups is 1. The number of piperazine rings is 1. The van der Waals surface area contributed by atoms with E-state index in [0.717, 1.165) is 43.6 Å². The summed E-state index contributed by atoms with van der Waals surface area (Å²) in [5, 5.41) is 6.82. The molecule has 2 aromatic rings. The van der Waals surface area contributed by atoms with E-state index >= 15 is 0 Å². The minimum atomic E-state index is 0.562. The Kier molecular flexibility index (Phi) is 4.85. The molecule has 0 unspecified atom stereocenters. The maximum atomic E-state index is 5.61. The molecule has 6 nitrogen and oxygen atoms in total. The van der Waals surface area contributed by atoms with Crippen LogP contribution in [-0.4, -0.2) is 49.1 Å². The summed E-state index contributed by atoms with van der Waals surface area (Å²) in [6.45, 7) is 8.40. The standard InChI is InChI=1S/C16H23N5OS/c1-12-13(2)22-14(19-12)11-18-16(17-3)21-8-6-20(7-9-21)15-5-4-10-23-15/h4-5,10H,6-9,11H2,1-3H3,(H,17,18). The summed E-state index contributed by atoms with van der Waals surface area (Å²) in [5.74, 6) is 2.49. The lowest BCUT2D eigenvalue weighted by atomic mass is 10.3. The molecule has 0 bridgehead atoms. The van der Waals surface area contributed by atoms with Crippen LogP contribution in [0, 0.1) is 13.8 Å². The van der Waals surface area contributed by atoms with E-state index in [1.54, 1.807) is 11.3 Å². The monoisotopic (exact) mass is 333 g/mol. The van der Waals surface area contributed by atoms with Gasteiger partial charge in [-0.3, -0.25) is 4.99 Å². The van der Waals surface area contributed by atoms with Crippen molar-refractivity contribution in [3.8, 4) is 0 Å². The van der Waals surface area contributed by atoms with E-state index in [9.17, 15) is 0 Å². The molecule has 0 saturated carbocycles. The van der Waals surface area contributed by atoms with Crippen LogP contribution in [0.2, 0.25) is 0 Å². The fourth-order valence-electron chi connectivity index (χ4n) is 2.69. The fraction of sp³-hybridized carbons (Fsp3) is 0.500. The van der Waals surface area contributed by atoms with Crippen LogP contribution in [0.3, 0.4) is 0 Å². The van der Waals surface area contributed by atoms with Crippen LogP contribution in [-0.2, 0) is 6.54 Å². The van der Waals surface area contributed by atoms with E-state index in [0.29, 0.717) is 12.4 Å². The maximum Gasteiger partial charge on any atom is 0.214 e. The van der Waals surface area contributed by atoms with Gasteiger partial charge in [-0.2, -0.15) is 0 Å². The van der Waals surface area contributed by atoms with Gasteiger partial charge in [0, 0.05) is 33.2 Å². The Morgan fingerprint density at radius 2 is 2.13 bits per heavy atom. The zero-order valence-electron chi connectivity index (χ0n) is 13.9. The second-order valence-electron chi connectivity index (χ2n) is 5.58. The minimum Gasteiger partial charge on any atom is -0.444 e. The summed E-state index contributed by atoms with van der Waals surface area (Å²) >= 11 is 1.80. The van der Waals surface area contributed by atoms with Gasteiger partial charge in [-0.25, -0.2) is 4.98 Å². The second kappa shape index (κ2) is 7.04. The van der Waals surface area contributed by atoms with Gasteiger partial charge in [0.25, 0.3) is 0 Å². The molecule has 1 aliphatic rings. The summed E-state index contributed by atoms with van der Waals surface area (Å²) in [6, 6.07) is 4.29. The molecule has 1 fully saturated rings. The van der Waals surface area contributed by atoms with Crippen molar-refractivity contribution in [2.24, 2.45) is 4.99 Å². The molecule has 0 radical (unpaired) electrons. The zero-order chi connectivity index (χ0) is 16.2. The van der Waals surface area contributed by atoms with E-state index in [2.05, 4.69) is 42.6 Å². The molecule has 3 heterocycles. The Hall–Kier alpha value is -2.02. The van der Waals surface area contributed by atoms with Crippen molar-refractivity contribution in [3.63, 3.8) is 0 Å². The smallest absolute Gasteiger partial charge is 0.214 e. The predicted molar refractivity (Wildman–Crippen MR) is 94.3 cm³/mol. The third-order valence-electron chi connectivity index (χ3n) is 4.08. The van der Waals surface area contributed by atoms with Crippen LogP contribution >= 0.6 is 11.3 Å². The van der Waals surface area contributed by atoms with E-state index in [4.69, 9.17) is 4.42 Å². The lowest BCUT2D eigenvalue weighted by Crippen LogP contribution is -2.52. The number of thiophene rings is 1. The number of aryl methyl sites for hydroxylation is 2. The first-order valence-electron chi connectivity index (χ1n) is 7.84. The van der Waals surface area contributed by atoms with Gasteiger partial charge in [-0.15, -0.1) is 11.3 Å². The minimum absolute atomic E-state index is 0.562. The first kappa shape index (κ1) is 15.9. The van der Waals surface area contributed by atoms with Crippen molar-refractivity contribution in [1.29, 1.82) is 0 Å². The molecule has 1 aliphatic heterocycles. The highest BCUT2D eigenvalue weighted by Crippen LogP contribution is 2.22. The summed E-state index contributed by atoms with van der Waals surface area (Å²) in [5.41, 5.74) is 0.946. The Morgan fingerprint density at radius 1 is 1.35 bits per heavy atom. The van der Waals surface area contributed by atoms with Crippen molar-refractivity contribution in [3.05, 3.63) is 34.9 Å². The maximum absolute atomic E-state index is 5.61. The highest BCUT2D eigenvalue weighted by atomic mass is 32.1. The number of nitrogens with one attached hydrogen (secondary N) is 1. The molecule has 2 aromatic heterocycles. The molecule has 124 valence electrons. The number of hydrogen-bond donors (Lipinski definition) is 1. The molecule has 3 rings (SSSR count). The summed E-state index contributed by atoms with van der Waals surface area (Å²) < 4.78 is 5.61. The van der Waals surface area contributed by atoms with E-state index in [1.807, 2.05) is 20.9 Å². The first-order chi connectivity index (χ1) is 11.2. The molecule has 0 spiro atoms. The zero-order valence-corrected chi connectivity index (χ0v) is 14.7. The van der Waals surface area contributed by atoms with Gasteiger partial charge in [0.2, 0.25) is 5.89 Å². The number of aromatic nitrogens is 1. The van der Waals surface area contributed by atoms with Crippen LogP contribution in [0.5, 0.6) is 0 Å². The van der Waals surface area contributed by atoms with Crippen molar-refractivity contribution >= 4 is 22.3 Å². The highest BCUT2D eigenvalue weighted by Gasteiger charge is 2.20. The number of anilines is 1. The van der Waals surface area contributed by atoms with Crippen molar-refractivity contribution in [2.45, 2.75) is 20.4 Å². The number of nitrogens with zero attached hydrogens (tertiary/aromatic N) is 4. The molecule has 7 heteroatoms. The lowest BCUT2D eigenvalue weighted by molar-refractivity contribution is 0.369. The summed E-state index contributed by atoms with van der Waals surface area (Å²) in [4.78, 5) is 13.5. The largest absolute Gasteiger partial charge is 0.444 e. The lowest BCUT2D eigenvalue weighted by Gasteiger charge is -2.36. The van der Waals surface area contributed by atoms with Gasteiger partial charge in [0.05, 0.1) is 17.2 Å². The van der Waals surface area contributed by atoms with Gasteiger partial charge in [-0.1, -0.05) is 0 Å². The Labute approximate surface area is 140 Å². The van der Waals surface area contributed by atoms with E-state index in [-0.39, 0.29) is 0 Å². The van der Waals surface area contributed by atoms with Gasteiger partial charge in [-0.05, 0) is 31.4 Å². The van der Waals surface area contributed by atoms with Crippen LogP contribution in [0.1, 0.15) is 17.3 Å². The average molecular weight is 333 g/mol. The number of hydrogen-bond acceptors (Lipinski definition) is 5. The first-order valence-corrected chi connectivity index (χ1v) is 8.72. The van der Waals surface area contributed by atoms with Gasteiger partial charge >= 0.3 is 0 Å². The average Bonchev–Trinajstić information content (AvgIpc) is 3.19. The normalized spacial score (nSPS) is 16.0. The molecule has 0 atom stereocenters. The third-order valence-corrected chi connectivity index (χ3v) is 5.01. The Bertz CT molecular complexity index is 637. The van der Waals surface area contributed by atoms with Gasteiger partial charge in [0.1, 0.15) is 5.76 Å². The summed E-state index contributed by atoms with van der Waals surface area (Å²) in [7, 11) is 1.82. The van der Waals surface area contributed by atoms with Gasteiger partial charge in [0.15, 0.2) is 5.96 Å². The molecular weight excluding hydrogens is 310 g/mol. The van der Waals surface area contributed by atoms with Gasteiger partial charge < -0.3 is 19.5 Å². The Morgan fingerprint density at radius 3 is 2.70 bits per heavy atom. The van der Waals surface area contributed by atoms with Crippen LogP contribution in [0.15, 0.2) is 26.9 Å². The molecule has 1 N–H and O–H groups in total. The van der Waals surface area contributed by atoms with E-state index < -0.39 is 0 Å².